The standard InChI is InChI=1S/C13H19N5O2S/c1-13(2,3)10-5-7-11(8-6-10)21(19,20)14-9-12-15-17-18(4)16-12/h5-8,14H,9H2,1-4H3. The molecule has 0 radical (unpaired) electrons. The maximum absolute atomic E-state index is 12.2. The zero-order valence-corrected chi connectivity index (χ0v) is 13.3. The van der Waals surface area contributed by atoms with Gasteiger partial charge in [0.1, 0.15) is 0 Å². The topological polar surface area (TPSA) is 89.8 Å². The highest BCUT2D eigenvalue weighted by Gasteiger charge is 2.18. The summed E-state index contributed by atoms with van der Waals surface area (Å²) in [5, 5.41) is 11.3. The molecule has 1 heterocycles. The Balaban J connectivity index is 2.12. The van der Waals surface area contributed by atoms with Gasteiger partial charge in [0.2, 0.25) is 10.0 Å². The van der Waals surface area contributed by atoms with E-state index in [1.54, 1.807) is 19.2 Å². The third kappa shape index (κ3) is 3.85. The van der Waals surface area contributed by atoms with Crippen molar-refractivity contribution in [3.63, 3.8) is 0 Å². The minimum absolute atomic E-state index is 0.0111. The summed E-state index contributed by atoms with van der Waals surface area (Å²) in [5.74, 6) is 0.326. The fraction of sp³-hybridized carbons (Fsp3) is 0.462. The summed E-state index contributed by atoms with van der Waals surface area (Å²) in [6.07, 6.45) is 0. The van der Waals surface area contributed by atoms with Gasteiger partial charge in [-0.15, -0.1) is 10.2 Å². The van der Waals surface area contributed by atoms with Gasteiger partial charge in [0.05, 0.1) is 18.5 Å². The van der Waals surface area contributed by atoms with E-state index in [0.29, 0.717) is 5.82 Å². The maximum Gasteiger partial charge on any atom is 0.240 e. The maximum atomic E-state index is 12.2. The molecule has 0 amide bonds. The second-order valence-corrected chi connectivity index (χ2v) is 7.56. The van der Waals surface area contributed by atoms with E-state index >= 15 is 0 Å². The molecular formula is C13H19N5O2S. The Morgan fingerprint density at radius 1 is 1.19 bits per heavy atom. The second-order valence-electron chi connectivity index (χ2n) is 5.79. The number of aryl methyl sites for hydroxylation is 1. The van der Waals surface area contributed by atoms with Gasteiger partial charge in [-0.1, -0.05) is 32.9 Å². The number of sulfonamides is 1. The van der Waals surface area contributed by atoms with Crippen LogP contribution in [0.1, 0.15) is 32.2 Å². The van der Waals surface area contributed by atoms with Gasteiger partial charge in [0.25, 0.3) is 0 Å². The smallest absolute Gasteiger partial charge is 0.207 e. The quantitative estimate of drug-likeness (QED) is 0.909. The zero-order valence-electron chi connectivity index (χ0n) is 12.5. The molecule has 21 heavy (non-hydrogen) atoms. The number of nitrogens with zero attached hydrogens (tertiary/aromatic N) is 4. The predicted octanol–water partition coefficient (Wildman–Crippen LogP) is 0.986. The Hall–Kier alpha value is -1.80. The first-order valence-electron chi connectivity index (χ1n) is 6.51. The average Bonchev–Trinajstić information content (AvgIpc) is 2.82. The van der Waals surface area contributed by atoms with Crippen LogP contribution in [-0.4, -0.2) is 28.6 Å². The van der Waals surface area contributed by atoms with Crippen LogP contribution in [0.3, 0.4) is 0 Å². The molecule has 7 nitrogen and oxygen atoms in total. The van der Waals surface area contributed by atoms with E-state index in [1.807, 2.05) is 12.1 Å². The predicted molar refractivity (Wildman–Crippen MR) is 78.0 cm³/mol. The highest BCUT2D eigenvalue weighted by molar-refractivity contribution is 7.89. The van der Waals surface area contributed by atoms with Crippen LogP contribution in [0.4, 0.5) is 0 Å². The lowest BCUT2D eigenvalue weighted by atomic mass is 9.87. The van der Waals surface area contributed by atoms with Crippen molar-refractivity contribution in [3.8, 4) is 0 Å². The first-order valence-corrected chi connectivity index (χ1v) is 8.00. The van der Waals surface area contributed by atoms with Gasteiger partial charge in [0, 0.05) is 0 Å². The third-order valence-electron chi connectivity index (χ3n) is 3.00. The molecule has 1 N–H and O–H groups in total. The molecule has 0 aliphatic carbocycles. The van der Waals surface area contributed by atoms with E-state index in [9.17, 15) is 8.42 Å². The normalized spacial score (nSPS) is 12.6. The van der Waals surface area contributed by atoms with Crippen LogP contribution < -0.4 is 4.72 Å². The molecule has 0 spiro atoms. The van der Waals surface area contributed by atoms with E-state index in [-0.39, 0.29) is 16.9 Å². The second kappa shape index (κ2) is 5.53. The molecule has 2 rings (SSSR count). The number of tetrazole rings is 1. The highest BCUT2D eigenvalue weighted by atomic mass is 32.2. The molecule has 2 aromatic rings. The fourth-order valence-electron chi connectivity index (χ4n) is 1.77. The van der Waals surface area contributed by atoms with Gasteiger partial charge in [-0.3, -0.25) is 0 Å². The number of nitrogens with one attached hydrogen (secondary N) is 1. The minimum atomic E-state index is -3.58. The lowest BCUT2D eigenvalue weighted by Crippen LogP contribution is -2.24. The van der Waals surface area contributed by atoms with Crippen molar-refractivity contribution in [2.75, 3.05) is 0 Å². The number of hydrogen-bond donors (Lipinski definition) is 1. The van der Waals surface area contributed by atoms with E-state index in [2.05, 4.69) is 40.9 Å². The molecule has 0 atom stereocenters. The molecule has 8 heteroatoms. The van der Waals surface area contributed by atoms with Crippen molar-refractivity contribution in [3.05, 3.63) is 35.7 Å². The van der Waals surface area contributed by atoms with Gasteiger partial charge in [-0.05, 0) is 28.3 Å². The Morgan fingerprint density at radius 2 is 1.81 bits per heavy atom. The third-order valence-corrected chi connectivity index (χ3v) is 4.42. The lowest BCUT2D eigenvalue weighted by molar-refractivity contribution is 0.576. The Morgan fingerprint density at radius 3 is 2.29 bits per heavy atom. The molecule has 0 fully saturated rings. The number of hydrogen-bond acceptors (Lipinski definition) is 5. The van der Waals surface area contributed by atoms with Crippen LogP contribution in [0.25, 0.3) is 0 Å². The van der Waals surface area contributed by atoms with Crippen molar-refractivity contribution < 1.29 is 8.42 Å². The lowest BCUT2D eigenvalue weighted by Gasteiger charge is -2.19. The molecule has 1 aromatic heterocycles. The van der Waals surface area contributed by atoms with Crippen LogP contribution in [-0.2, 0) is 29.0 Å². The summed E-state index contributed by atoms with van der Waals surface area (Å²) in [6.45, 7) is 6.24. The van der Waals surface area contributed by atoms with Crippen LogP contribution in [0, 0.1) is 0 Å². The molecule has 0 aliphatic rings. The Kier molecular flexibility index (Phi) is 4.11. The minimum Gasteiger partial charge on any atom is -0.207 e. The highest BCUT2D eigenvalue weighted by Crippen LogP contribution is 2.23. The molecular weight excluding hydrogens is 290 g/mol. The fourth-order valence-corrected chi connectivity index (χ4v) is 2.75. The first-order chi connectivity index (χ1) is 9.68. The number of benzene rings is 1. The average molecular weight is 309 g/mol. The van der Waals surface area contributed by atoms with Gasteiger partial charge in [-0.25, -0.2) is 13.1 Å². The van der Waals surface area contributed by atoms with Crippen LogP contribution >= 0.6 is 0 Å². The van der Waals surface area contributed by atoms with E-state index < -0.39 is 10.0 Å². The van der Waals surface area contributed by atoms with E-state index in [4.69, 9.17) is 0 Å². The summed E-state index contributed by atoms with van der Waals surface area (Å²) in [6, 6.07) is 6.87. The molecule has 0 aliphatic heterocycles. The zero-order chi connectivity index (χ0) is 15.7. The summed E-state index contributed by atoms with van der Waals surface area (Å²) in [4.78, 5) is 1.50. The van der Waals surface area contributed by atoms with Gasteiger partial charge < -0.3 is 0 Å². The van der Waals surface area contributed by atoms with Crippen molar-refractivity contribution in [2.24, 2.45) is 7.05 Å². The van der Waals surface area contributed by atoms with E-state index in [0.717, 1.165) is 5.56 Å². The van der Waals surface area contributed by atoms with Crippen molar-refractivity contribution in [2.45, 2.75) is 37.6 Å². The van der Waals surface area contributed by atoms with Gasteiger partial charge in [-0.2, -0.15) is 4.80 Å². The van der Waals surface area contributed by atoms with Crippen LogP contribution in [0.2, 0.25) is 0 Å². The van der Waals surface area contributed by atoms with Crippen LogP contribution in [0.15, 0.2) is 29.2 Å². The Bertz CT molecular complexity index is 714. The first kappa shape index (κ1) is 15.6. The van der Waals surface area contributed by atoms with Gasteiger partial charge >= 0.3 is 0 Å². The molecule has 1 aromatic carbocycles. The molecule has 0 saturated heterocycles. The Labute approximate surface area is 124 Å². The van der Waals surface area contributed by atoms with Crippen molar-refractivity contribution >= 4 is 10.0 Å². The molecule has 0 unspecified atom stereocenters. The van der Waals surface area contributed by atoms with Crippen molar-refractivity contribution in [1.82, 2.24) is 24.9 Å². The monoisotopic (exact) mass is 309 g/mol. The molecule has 0 saturated carbocycles. The summed E-state index contributed by atoms with van der Waals surface area (Å²) in [7, 11) is -1.96. The SMILES string of the molecule is Cn1nnc(CNS(=O)(=O)c2ccc(C(C)(C)C)cc2)n1. The van der Waals surface area contributed by atoms with Crippen LogP contribution in [0.5, 0.6) is 0 Å². The summed E-state index contributed by atoms with van der Waals surface area (Å²) >= 11 is 0. The molecule has 114 valence electrons. The molecule has 0 bridgehead atoms. The summed E-state index contributed by atoms with van der Waals surface area (Å²) in [5.41, 5.74) is 1.07. The van der Waals surface area contributed by atoms with E-state index in [1.165, 1.54) is 4.80 Å². The van der Waals surface area contributed by atoms with Crippen molar-refractivity contribution in [1.29, 1.82) is 0 Å². The number of aromatic nitrogens is 4. The number of rotatable bonds is 4. The van der Waals surface area contributed by atoms with Gasteiger partial charge in [0.15, 0.2) is 5.82 Å². The largest absolute Gasteiger partial charge is 0.240 e. The summed E-state index contributed by atoms with van der Waals surface area (Å²) < 4.78 is 26.8.